The standard InChI is InChI=1S/C14H31NO/c1-4-6-7-8-9-12-16-13-11-15-14(3)10-5-2/h14-15H,4-13H2,1-3H3. The molecule has 0 aliphatic rings. The smallest absolute Gasteiger partial charge is 0.0590 e. The number of unbranched alkanes of at least 4 members (excludes halogenated alkanes) is 4. The zero-order valence-electron chi connectivity index (χ0n) is 11.6. The van der Waals surface area contributed by atoms with Gasteiger partial charge in [-0.15, -0.1) is 0 Å². The fraction of sp³-hybridized carbons (Fsp3) is 1.00. The number of hydrogen-bond donors (Lipinski definition) is 1. The van der Waals surface area contributed by atoms with Crippen molar-refractivity contribution in [3.05, 3.63) is 0 Å². The molecule has 0 aliphatic heterocycles. The highest BCUT2D eigenvalue weighted by atomic mass is 16.5. The van der Waals surface area contributed by atoms with Crippen LogP contribution in [0.4, 0.5) is 0 Å². The summed E-state index contributed by atoms with van der Waals surface area (Å²) >= 11 is 0. The first-order valence-corrected chi connectivity index (χ1v) is 7.12. The van der Waals surface area contributed by atoms with Crippen LogP contribution in [0.25, 0.3) is 0 Å². The Balaban J connectivity index is 2.98. The van der Waals surface area contributed by atoms with Gasteiger partial charge in [0.1, 0.15) is 0 Å². The Labute approximate surface area is 102 Å². The van der Waals surface area contributed by atoms with E-state index in [1.54, 1.807) is 0 Å². The van der Waals surface area contributed by atoms with Crippen LogP contribution in [0.2, 0.25) is 0 Å². The topological polar surface area (TPSA) is 21.3 Å². The Morgan fingerprint density at radius 2 is 1.69 bits per heavy atom. The fourth-order valence-electron chi connectivity index (χ4n) is 1.82. The first-order chi connectivity index (χ1) is 7.81. The van der Waals surface area contributed by atoms with Crippen LogP contribution in [0, 0.1) is 0 Å². The molecule has 0 amide bonds. The van der Waals surface area contributed by atoms with Crippen LogP contribution < -0.4 is 5.32 Å². The van der Waals surface area contributed by atoms with Crippen molar-refractivity contribution in [2.45, 2.75) is 71.8 Å². The van der Waals surface area contributed by atoms with Gasteiger partial charge in [0.2, 0.25) is 0 Å². The van der Waals surface area contributed by atoms with Crippen LogP contribution in [0.5, 0.6) is 0 Å². The van der Waals surface area contributed by atoms with Crippen LogP contribution in [-0.4, -0.2) is 25.8 Å². The molecule has 0 saturated heterocycles. The molecule has 0 aromatic rings. The van der Waals surface area contributed by atoms with E-state index in [0.717, 1.165) is 19.8 Å². The quantitative estimate of drug-likeness (QED) is 0.515. The molecule has 2 heteroatoms. The van der Waals surface area contributed by atoms with Crippen LogP contribution in [0.1, 0.15) is 65.7 Å². The Morgan fingerprint density at radius 1 is 0.938 bits per heavy atom. The lowest BCUT2D eigenvalue weighted by Crippen LogP contribution is -2.29. The van der Waals surface area contributed by atoms with Gasteiger partial charge in [-0.3, -0.25) is 0 Å². The lowest BCUT2D eigenvalue weighted by molar-refractivity contribution is 0.129. The van der Waals surface area contributed by atoms with Crippen LogP contribution in [-0.2, 0) is 4.74 Å². The Morgan fingerprint density at radius 3 is 2.38 bits per heavy atom. The summed E-state index contributed by atoms with van der Waals surface area (Å²) in [7, 11) is 0. The summed E-state index contributed by atoms with van der Waals surface area (Å²) in [5, 5.41) is 3.47. The predicted octanol–water partition coefficient (Wildman–Crippen LogP) is 3.75. The number of rotatable bonds is 12. The second kappa shape index (κ2) is 13.0. The van der Waals surface area contributed by atoms with E-state index in [9.17, 15) is 0 Å². The van der Waals surface area contributed by atoms with Gasteiger partial charge < -0.3 is 10.1 Å². The van der Waals surface area contributed by atoms with Crippen LogP contribution in [0.3, 0.4) is 0 Å². The van der Waals surface area contributed by atoms with Crippen LogP contribution in [0.15, 0.2) is 0 Å². The minimum atomic E-state index is 0.637. The van der Waals surface area contributed by atoms with E-state index in [0.29, 0.717) is 6.04 Å². The second-order valence-corrected chi connectivity index (χ2v) is 4.67. The average Bonchev–Trinajstić information content (AvgIpc) is 2.27. The summed E-state index contributed by atoms with van der Waals surface area (Å²) in [4.78, 5) is 0. The third-order valence-corrected chi connectivity index (χ3v) is 2.85. The summed E-state index contributed by atoms with van der Waals surface area (Å²) < 4.78 is 5.58. The van der Waals surface area contributed by atoms with Crippen molar-refractivity contribution >= 4 is 0 Å². The molecule has 1 unspecified atom stereocenters. The Bertz CT molecular complexity index is 128. The molecule has 1 N–H and O–H groups in total. The molecule has 16 heavy (non-hydrogen) atoms. The number of hydrogen-bond acceptors (Lipinski definition) is 2. The predicted molar refractivity (Wildman–Crippen MR) is 72.0 cm³/mol. The highest BCUT2D eigenvalue weighted by Crippen LogP contribution is 2.02. The van der Waals surface area contributed by atoms with Crippen molar-refractivity contribution in [3.63, 3.8) is 0 Å². The highest BCUT2D eigenvalue weighted by molar-refractivity contribution is 4.58. The Kier molecular flexibility index (Phi) is 12.9. The third kappa shape index (κ3) is 12.0. The molecule has 0 rings (SSSR count). The highest BCUT2D eigenvalue weighted by Gasteiger charge is 1.97. The summed E-state index contributed by atoms with van der Waals surface area (Å²) in [5.74, 6) is 0. The van der Waals surface area contributed by atoms with Crippen molar-refractivity contribution < 1.29 is 4.74 Å². The zero-order valence-corrected chi connectivity index (χ0v) is 11.6. The molecule has 0 aromatic carbocycles. The van der Waals surface area contributed by atoms with E-state index in [4.69, 9.17) is 4.74 Å². The molecule has 0 radical (unpaired) electrons. The molecule has 0 heterocycles. The van der Waals surface area contributed by atoms with E-state index >= 15 is 0 Å². The molecule has 0 bridgehead atoms. The molecule has 0 aromatic heterocycles. The van der Waals surface area contributed by atoms with Gasteiger partial charge >= 0.3 is 0 Å². The zero-order chi connectivity index (χ0) is 12.1. The Hall–Kier alpha value is -0.0800. The lowest BCUT2D eigenvalue weighted by atomic mass is 10.2. The summed E-state index contributed by atoms with van der Waals surface area (Å²) in [6.07, 6.45) is 9.13. The van der Waals surface area contributed by atoms with Crippen LogP contribution >= 0.6 is 0 Å². The maximum absolute atomic E-state index is 5.58. The van der Waals surface area contributed by atoms with E-state index in [2.05, 4.69) is 26.1 Å². The molecular formula is C14H31NO. The van der Waals surface area contributed by atoms with Gasteiger partial charge in [-0.25, -0.2) is 0 Å². The molecule has 0 aliphatic carbocycles. The van der Waals surface area contributed by atoms with Gasteiger partial charge in [-0.2, -0.15) is 0 Å². The summed E-state index contributed by atoms with van der Waals surface area (Å²) in [6.45, 7) is 9.52. The molecule has 0 spiro atoms. The van der Waals surface area contributed by atoms with Gasteiger partial charge in [0.25, 0.3) is 0 Å². The third-order valence-electron chi connectivity index (χ3n) is 2.85. The molecule has 1 atom stereocenters. The maximum Gasteiger partial charge on any atom is 0.0590 e. The van der Waals surface area contributed by atoms with Gasteiger partial charge in [-0.1, -0.05) is 46.0 Å². The number of ether oxygens (including phenoxy) is 1. The van der Waals surface area contributed by atoms with E-state index < -0.39 is 0 Å². The largest absolute Gasteiger partial charge is 0.380 e. The molecule has 0 saturated carbocycles. The normalized spacial score (nSPS) is 12.9. The fourth-order valence-corrected chi connectivity index (χ4v) is 1.82. The van der Waals surface area contributed by atoms with Gasteiger partial charge in [0.05, 0.1) is 6.61 Å². The molecule has 0 fully saturated rings. The average molecular weight is 229 g/mol. The van der Waals surface area contributed by atoms with Crippen molar-refractivity contribution in [3.8, 4) is 0 Å². The maximum atomic E-state index is 5.58. The van der Waals surface area contributed by atoms with E-state index in [-0.39, 0.29) is 0 Å². The first kappa shape index (κ1) is 15.9. The van der Waals surface area contributed by atoms with Crippen molar-refractivity contribution in [2.24, 2.45) is 0 Å². The van der Waals surface area contributed by atoms with Crippen molar-refractivity contribution in [2.75, 3.05) is 19.8 Å². The van der Waals surface area contributed by atoms with Gasteiger partial charge in [0, 0.05) is 19.2 Å². The minimum absolute atomic E-state index is 0.637. The molecular weight excluding hydrogens is 198 g/mol. The van der Waals surface area contributed by atoms with E-state index in [1.165, 1.54) is 44.9 Å². The van der Waals surface area contributed by atoms with E-state index in [1.807, 2.05) is 0 Å². The molecule has 2 nitrogen and oxygen atoms in total. The first-order valence-electron chi connectivity index (χ1n) is 7.12. The summed E-state index contributed by atoms with van der Waals surface area (Å²) in [6, 6.07) is 0.637. The second-order valence-electron chi connectivity index (χ2n) is 4.67. The molecule has 98 valence electrons. The van der Waals surface area contributed by atoms with Gasteiger partial charge in [-0.05, 0) is 19.8 Å². The number of nitrogens with one attached hydrogen (secondary N) is 1. The SMILES string of the molecule is CCCCCCCOCCNC(C)CCC. The minimum Gasteiger partial charge on any atom is -0.380 e. The summed E-state index contributed by atoms with van der Waals surface area (Å²) in [5.41, 5.74) is 0. The van der Waals surface area contributed by atoms with Gasteiger partial charge in [0.15, 0.2) is 0 Å². The lowest BCUT2D eigenvalue weighted by Gasteiger charge is -2.12. The van der Waals surface area contributed by atoms with Crippen molar-refractivity contribution in [1.29, 1.82) is 0 Å². The van der Waals surface area contributed by atoms with Crippen molar-refractivity contribution in [1.82, 2.24) is 5.32 Å². The monoisotopic (exact) mass is 229 g/mol.